The first-order valence-corrected chi connectivity index (χ1v) is 8.52. The molecule has 0 aromatic rings. The lowest BCUT2D eigenvalue weighted by Crippen LogP contribution is -2.12. The number of methoxy groups -OCH3 is 1. The van der Waals surface area contributed by atoms with Crippen molar-refractivity contribution in [2.45, 2.75) is 96.2 Å². The highest BCUT2D eigenvalue weighted by molar-refractivity contribution is 4.80. The van der Waals surface area contributed by atoms with E-state index in [1.807, 2.05) is 0 Å². The fraction of sp³-hybridized carbons (Fsp3) is 1.00. The molecular formula is C17H34O2. The van der Waals surface area contributed by atoms with E-state index in [9.17, 15) is 0 Å². The quantitative estimate of drug-likeness (QED) is 0.309. The molecule has 1 aliphatic rings. The van der Waals surface area contributed by atoms with Crippen LogP contribution in [0.25, 0.3) is 0 Å². The van der Waals surface area contributed by atoms with Crippen LogP contribution in [0.5, 0.6) is 0 Å². The second-order valence-corrected chi connectivity index (χ2v) is 6.04. The molecule has 0 aromatic heterocycles. The minimum absolute atomic E-state index is 0.168. The molecule has 1 rings (SSSR count). The van der Waals surface area contributed by atoms with E-state index in [0.29, 0.717) is 0 Å². The van der Waals surface area contributed by atoms with Gasteiger partial charge in [0, 0.05) is 13.5 Å². The van der Waals surface area contributed by atoms with E-state index in [-0.39, 0.29) is 5.79 Å². The zero-order valence-corrected chi connectivity index (χ0v) is 13.2. The van der Waals surface area contributed by atoms with Crippen LogP contribution < -0.4 is 0 Å². The molecule has 0 radical (unpaired) electrons. The minimum Gasteiger partial charge on any atom is -0.351 e. The average molecular weight is 270 g/mol. The van der Waals surface area contributed by atoms with Crippen molar-refractivity contribution in [3.63, 3.8) is 0 Å². The standard InChI is InChI=1S/C17H34O2/c1-3-4-5-6-7-8-9-10-11-12-13-14-15-17(18-2)16-19-17/h3-16H2,1-2H3. The summed E-state index contributed by atoms with van der Waals surface area (Å²) in [5, 5.41) is 0. The summed E-state index contributed by atoms with van der Waals surface area (Å²) in [7, 11) is 1.76. The van der Waals surface area contributed by atoms with Crippen molar-refractivity contribution in [2.75, 3.05) is 13.7 Å². The molecule has 1 fully saturated rings. The maximum atomic E-state index is 5.33. The normalized spacial score (nSPS) is 21.8. The average Bonchev–Trinajstić information content (AvgIpc) is 3.21. The van der Waals surface area contributed by atoms with Crippen molar-refractivity contribution in [1.29, 1.82) is 0 Å². The van der Waals surface area contributed by atoms with Crippen LogP contribution in [-0.2, 0) is 9.47 Å². The molecule has 0 N–H and O–H groups in total. The first kappa shape index (κ1) is 17.0. The number of hydrogen-bond acceptors (Lipinski definition) is 2. The molecule has 0 spiro atoms. The molecule has 1 heterocycles. The third-order valence-corrected chi connectivity index (χ3v) is 4.25. The van der Waals surface area contributed by atoms with Crippen molar-refractivity contribution >= 4 is 0 Å². The molecule has 19 heavy (non-hydrogen) atoms. The zero-order valence-electron chi connectivity index (χ0n) is 13.2. The van der Waals surface area contributed by atoms with Gasteiger partial charge in [0.05, 0.1) is 0 Å². The van der Waals surface area contributed by atoms with Gasteiger partial charge in [-0.05, 0) is 6.42 Å². The van der Waals surface area contributed by atoms with Gasteiger partial charge in [0.25, 0.3) is 0 Å². The molecule has 0 aliphatic carbocycles. The summed E-state index contributed by atoms with van der Waals surface area (Å²) in [6.45, 7) is 3.09. The van der Waals surface area contributed by atoms with Crippen LogP contribution in [0.3, 0.4) is 0 Å². The van der Waals surface area contributed by atoms with Crippen LogP contribution in [-0.4, -0.2) is 19.5 Å². The van der Waals surface area contributed by atoms with E-state index in [2.05, 4.69) is 6.92 Å². The number of unbranched alkanes of at least 4 members (excludes halogenated alkanes) is 11. The van der Waals surface area contributed by atoms with Crippen LogP contribution in [0, 0.1) is 0 Å². The van der Waals surface area contributed by atoms with Gasteiger partial charge in [0.2, 0.25) is 0 Å². The van der Waals surface area contributed by atoms with Gasteiger partial charge in [-0.1, -0.05) is 77.6 Å². The van der Waals surface area contributed by atoms with E-state index in [0.717, 1.165) is 13.0 Å². The first-order valence-electron chi connectivity index (χ1n) is 8.52. The number of ether oxygens (including phenoxy) is 2. The summed E-state index contributed by atoms with van der Waals surface area (Å²) in [5.74, 6) is -0.168. The van der Waals surface area contributed by atoms with Crippen molar-refractivity contribution in [3.8, 4) is 0 Å². The highest BCUT2D eigenvalue weighted by Crippen LogP contribution is 2.33. The zero-order chi connectivity index (χ0) is 13.8. The van der Waals surface area contributed by atoms with Gasteiger partial charge < -0.3 is 9.47 Å². The van der Waals surface area contributed by atoms with Crippen LogP contribution in [0.4, 0.5) is 0 Å². The molecule has 114 valence electrons. The molecule has 1 aliphatic heterocycles. The summed E-state index contributed by atoms with van der Waals surface area (Å²) < 4.78 is 10.6. The second kappa shape index (κ2) is 10.7. The number of rotatable bonds is 14. The van der Waals surface area contributed by atoms with Gasteiger partial charge in [-0.2, -0.15) is 0 Å². The van der Waals surface area contributed by atoms with Gasteiger partial charge in [-0.15, -0.1) is 0 Å². The lowest BCUT2D eigenvalue weighted by atomic mass is 10.0. The third-order valence-electron chi connectivity index (χ3n) is 4.25. The van der Waals surface area contributed by atoms with Crippen molar-refractivity contribution in [3.05, 3.63) is 0 Å². The van der Waals surface area contributed by atoms with E-state index in [1.165, 1.54) is 77.0 Å². The van der Waals surface area contributed by atoms with Crippen LogP contribution in [0.15, 0.2) is 0 Å². The predicted molar refractivity (Wildman–Crippen MR) is 81.4 cm³/mol. The second-order valence-electron chi connectivity index (χ2n) is 6.04. The Hall–Kier alpha value is -0.0800. The molecule has 0 bridgehead atoms. The molecular weight excluding hydrogens is 236 g/mol. The minimum atomic E-state index is -0.168. The Bertz CT molecular complexity index is 199. The highest BCUT2D eigenvalue weighted by atomic mass is 16.8. The van der Waals surface area contributed by atoms with E-state index >= 15 is 0 Å². The van der Waals surface area contributed by atoms with Crippen molar-refractivity contribution in [2.24, 2.45) is 0 Å². The molecule has 1 saturated heterocycles. The van der Waals surface area contributed by atoms with Gasteiger partial charge in [-0.3, -0.25) is 0 Å². The Kier molecular flexibility index (Phi) is 9.54. The van der Waals surface area contributed by atoms with Crippen LogP contribution >= 0.6 is 0 Å². The van der Waals surface area contributed by atoms with Gasteiger partial charge in [0.15, 0.2) is 5.79 Å². The molecule has 1 atom stereocenters. The van der Waals surface area contributed by atoms with Gasteiger partial charge in [0.1, 0.15) is 6.61 Å². The SMILES string of the molecule is CCCCCCCCCCCCCCC1(OC)CO1. The van der Waals surface area contributed by atoms with Gasteiger partial charge in [-0.25, -0.2) is 0 Å². The van der Waals surface area contributed by atoms with Crippen molar-refractivity contribution < 1.29 is 9.47 Å². The molecule has 2 heteroatoms. The number of hydrogen-bond donors (Lipinski definition) is 0. The Balaban J connectivity index is 1.70. The fourth-order valence-electron chi connectivity index (χ4n) is 2.68. The molecule has 0 aromatic carbocycles. The van der Waals surface area contributed by atoms with Crippen LogP contribution in [0.1, 0.15) is 90.4 Å². The summed E-state index contributed by atoms with van der Waals surface area (Å²) in [6, 6.07) is 0. The lowest BCUT2D eigenvalue weighted by Gasteiger charge is -2.08. The Morgan fingerprint density at radius 1 is 0.789 bits per heavy atom. The Morgan fingerprint density at radius 2 is 1.21 bits per heavy atom. The molecule has 0 saturated carbocycles. The molecule has 2 nitrogen and oxygen atoms in total. The summed E-state index contributed by atoms with van der Waals surface area (Å²) >= 11 is 0. The monoisotopic (exact) mass is 270 g/mol. The maximum Gasteiger partial charge on any atom is 0.191 e. The van der Waals surface area contributed by atoms with E-state index in [1.54, 1.807) is 7.11 Å². The largest absolute Gasteiger partial charge is 0.351 e. The predicted octanol–water partition coefficient (Wildman–Crippen LogP) is 5.45. The van der Waals surface area contributed by atoms with E-state index in [4.69, 9.17) is 9.47 Å². The first-order chi connectivity index (χ1) is 9.33. The topological polar surface area (TPSA) is 21.8 Å². The van der Waals surface area contributed by atoms with E-state index < -0.39 is 0 Å². The Morgan fingerprint density at radius 3 is 1.58 bits per heavy atom. The van der Waals surface area contributed by atoms with Gasteiger partial charge >= 0.3 is 0 Å². The summed E-state index contributed by atoms with van der Waals surface area (Å²) in [6.07, 6.45) is 17.9. The highest BCUT2D eigenvalue weighted by Gasteiger charge is 2.44. The smallest absolute Gasteiger partial charge is 0.191 e. The molecule has 0 amide bonds. The Labute approximate surface area is 120 Å². The fourth-order valence-corrected chi connectivity index (χ4v) is 2.68. The maximum absolute atomic E-state index is 5.33. The summed E-state index contributed by atoms with van der Waals surface area (Å²) in [5.41, 5.74) is 0. The number of epoxide rings is 1. The lowest BCUT2D eigenvalue weighted by molar-refractivity contribution is -0.0177. The summed E-state index contributed by atoms with van der Waals surface area (Å²) in [4.78, 5) is 0. The van der Waals surface area contributed by atoms with Crippen molar-refractivity contribution in [1.82, 2.24) is 0 Å². The third kappa shape index (κ3) is 8.65. The van der Waals surface area contributed by atoms with Crippen LogP contribution in [0.2, 0.25) is 0 Å². The molecule has 1 unspecified atom stereocenters.